The van der Waals surface area contributed by atoms with Crippen LogP contribution in [0, 0.1) is 0 Å². The van der Waals surface area contributed by atoms with Crippen molar-refractivity contribution in [2.24, 2.45) is 0 Å². The fraction of sp³-hybridized carbons (Fsp3) is 0.0455. The number of benzene rings is 3. The van der Waals surface area contributed by atoms with Gasteiger partial charge in [-0.15, -0.1) is 0 Å². The van der Waals surface area contributed by atoms with Crippen LogP contribution in [0.25, 0.3) is 22.6 Å². The minimum Gasteiger partial charge on any atom is -0.457 e. The van der Waals surface area contributed by atoms with E-state index in [1.807, 2.05) is 72.8 Å². The van der Waals surface area contributed by atoms with Gasteiger partial charge in [-0.2, -0.15) is 0 Å². The number of aromatic nitrogens is 1. The van der Waals surface area contributed by atoms with Gasteiger partial charge in [0.25, 0.3) is 0 Å². The zero-order chi connectivity index (χ0) is 18.6. The molecule has 134 valence electrons. The van der Waals surface area contributed by atoms with Gasteiger partial charge in [0.15, 0.2) is 5.76 Å². The summed E-state index contributed by atoms with van der Waals surface area (Å²) >= 11 is 6.25. The van der Waals surface area contributed by atoms with Crippen molar-refractivity contribution in [3.05, 3.63) is 89.4 Å². The van der Waals surface area contributed by atoms with Crippen molar-refractivity contribution < 1.29 is 14.4 Å². The number of nitrogens with zero attached hydrogens (tertiary/aromatic N) is 1. The first-order valence-corrected chi connectivity index (χ1v) is 8.81. The highest BCUT2D eigenvalue weighted by Gasteiger charge is 2.20. The first-order valence-electron chi connectivity index (χ1n) is 8.44. The van der Waals surface area contributed by atoms with E-state index in [1.54, 1.807) is 6.07 Å². The zero-order valence-corrected chi connectivity index (χ0v) is 15.1. The summed E-state index contributed by atoms with van der Waals surface area (Å²) in [6.45, 7) is -0.207. The number of ether oxygens (including phenoxy) is 1. The van der Waals surface area contributed by atoms with Crippen molar-refractivity contribution in [1.29, 1.82) is 0 Å². The van der Waals surface area contributed by atoms with Gasteiger partial charge in [0.1, 0.15) is 17.2 Å². The van der Waals surface area contributed by atoms with Crippen LogP contribution in [0.2, 0.25) is 5.02 Å². The third kappa shape index (κ3) is 3.58. The van der Waals surface area contributed by atoms with Crippen LogP contribution in [0.5, 0.6) is 11.5 Å². The average molecular weight is 378 g/mol. The summed E-state index contributed by atoms with van der Waals surface area (Å²) in [4.78, 5) is 0. The first kappa shape index (κ1) is 17.3. The smallest absolute Gasteiger partial charge is 0.174 e. The lowest BCUT2D eigenvalue weighted by atomic mass is 10.0. The quantitative estimate of drug-likeness (QED) is 0.467. The topological polar surface area (TPSA) is 55.5 Å². The standard InChI is InChI=1S/C22H16ClNO3/c23-20-9-5-4-8-18(20)22-19(14-25)21(24-27-22)15-10-12-17(13-11-15)26-16-6-2-1-3-7-16/h1-13,25H,14H2. The Labute approximate surface area is 161 Å². The normalized spacial score (nSPS) is 10.7. The van der Waals surface area contributed by atoms with Crippen molar-refractivity contribution in [2.75, 3.05) is 0 Å². The predicted octanol–water partition coefficient (Wildman–Crippen LogP) is 5.95. The Morgan fingerprint density at radius 3 is 2.22 bits per heavy atom. The zero-order valence-electron chi connectivity index (χ0n) is 14.3. The molecule has 0 amide bonds. The van der Waals surface area contributed by atoms with Crippen LogP contribution in [0.15, 0.2) is 83.4 Å². The van der Waals surface area contributed by atoms with Crippen molar-refractivity contribution in [3.8, 4) is 34.1 Å². The lowest BCUT2D eigenvalue weighted by molar-refractivity contribution is 0.281. The Morgan fingerprint density at radius 1 is 0.852 bits per heavy atom. The highest BCUT2D eigenvalue weighted by Crippen LogP contribution is 2.36. The molecule has 0 saturated carbocycles. The van der Waals surface area contributed by atoms with Gasteiger partial charge in [-0.1, -0.05) is 47.1 Å². The maximum absolute atomic E-state index is 9.88. The summed E-state index contributed by atoms with van der Waals surface area (Å²) in [5, 5.41) is 14.6. The lowest BCUT2D eigenvalue weighted by Crippen LogP contribution is -1.90. The number of aliphatic hydroxyl groups is 1. The van der Waals surface area contributed by atoms with Crippen LogP contribution in [-0.2, 0) is 6.61 Å². The number of rotatable bonds is 5. The van der Waals surface area contributed by atoms with Crippen molar-refractivity contribution >= 4 is 11.6 Å². The molecule has 1 aromatic heterocycles. The van der Waals surface area contributed by atoms with Gasteiger partial charge < -0.3 is 14.4 Å². The predicted molar refractivity (Wildman–Crippen MR) is 105 cm³/mol. The van der Waals surface area contributed by atoms with Gasteiger partial charge in [0.2, 0.25) is 0 Å². The second kappa shape index (κ2) is 7.66. The van der Waals surface area contributed by atoms with E-state index in [-0.39, 0.29) is 6.61 Å². The first-order chi connectivity index (χ1) is 13.3. The van der Waals surface area contributed by atoms with Crippen molar-refractivity contribution in [1.82, 2.24) is 5.16 Å². The summed E-state index contributed by atoms with van der Waals surface area (Å²) in [6.07, 6.45) is 0. The van der Waals surface area contributed by atoms with E-state index in [4.69, 9.17) is 20.9 Å². The van der Waals surface area contributed by atoms with E-state index in [1.165, 1.54) is 0 Å². The van der Waals surface area contributed by atoms with Gasteiger partial charge in [-0.3, -0.25) is 0 Å². The van der Waals surface area contributed by atoms with Crippen LogP contribution < -0.4 is 4.74 Å². The molecule has 27 heavy (non-hydrogen) atoms. The van der Waals surface area contributed by atoms with E-state index >= 15 is 0 Å². The fourth-order valence-electron chi connectivity index (χ4n) is 2.85. The molecule has 4 rings (SSSR count). The Balaban J connectivity index is 1.65. The van der Waals surface area contributed by atoms with E-state index in [0.29, 0.717) is 33.4 Å². The van der Waals surface area contributed by atoms with Gasteiger partial charge in [0, 0.05) is 11.1 Å². The van der Waals surface area contributed by atoms with E-state index in [2.05, 4.69) is 5.16 Å². The van der Waals surface area contributed by atoms with Crippen molar-refractivity contribution in [2.45, 2.75) is 6.61 Å². The third-order valence-electron chi connectivity index (χ3n) is 4.17. The van der Waals surface area contributed by atoms with Crippen LogP contribution >= 0.6 is 11.6 Å². The molecule has 0 fully saturated rings. The van der Waals surface area contributed by atoms with E-state index in [9.17, 15) is 5.11 Å². The number of halogens is 1. The molecule has 3 aromatic carbocycles. The molecular weight excluding hydrogens is 362 g/mol. The molecule has 0 spiro atoms. The minimum atomic E-state index is -0.207. The van der Waals surface area contributed by atoms with Gasteiger partial charge >= 0.3 is 0 Å². The third-order valence-corrected chi connectivity index (χ3v) is 4.50. The van der Waals surface area contributed by atoms with Crippen molar-refractivity contribution in [3.63, 3.8) is 0 Å². The van der Waals surface area contributed by atoms with Crippen LogP contribution in [0.1, 0.15) is 5.56 Å². The molecule has 0 atom stereocenters. The maximum Gasteiger partial charge on any atom is 0.174 e. The molecule has 0 aliphatic rings. The molecule has 4 aromatic rings. The average Bonchev–Trinajstić information content (AvgIpc) is 3.13. The van der Waals surface area contributed by atoms with Gasteiger partial charge in [-0.25, -0.2) is 0 Å². The molecule has 0 aliphatic heterocycles. The molecule has 1 N–H and O–H groups in total. The SMILES string of the molecule is OCc1c(-c2ccc(Oc3ccccc3)cc2)noc1-c1ccccc1Cl. The lowest BCUT2D eigenvalue weighted by Gasteiger charge is -2.06. The minimum absolute atomic E-state index is 0.207. The summed E-state index contributed by atoms with van der Waals surface area (Å²) in [6, 6.07) is 24.3. The largest absolute Gasteiger partial charge is 0.457 e. The molecule has 0 radical (unpaired) electrons. The Hall–Kier alpha value is -3.08. The van der Waals surface area contributed by atoms with Crippen LogP contribution in [-0.4, -0.2) is 10.3 Å². The maximum atomic E-state index is 9.88. The number of aliphatic hydroxyl groups excluding tert-OH is 1. The molecule has 0 saturated heterocycles. The monoisotopic (exact) mass is 377 g/mol. The molecule has 1 heterocycles. The molecule has 0 bridgehead atoms. The number of para-hydroxylation sites is 1. The Bertz CT molecular complexity index is 1040. The highest BCUT2D eigenvalue weighted by atomic mass is 35.5. The van der Waals surface area contributed by atoms with E-state index < -0.39 is 0 Å². The van der Waals surface area contributed by atoms with Crippen LogP contribution in [0.3, 0.4) is 0 Å². The van der Waals surface area contributed by atoms with E-state index in [0.717, 1.165) is 11.3 Å². The summed E-state index contributed by atoms with van der Waals surface area (Å²) in [5.41, 5.74) is 2.70. The van der Waals surface area contributed by atoms with Crippen LogP contribution in [0.4, 0.5) is 0 Å². The summed E-state index contributed by atoms with van der Waals surface area (Å²) < 4.78 is 11.3. The summed E-state index contributed by atoms with van der Waals surface area (Å²) in [5.74, 6) is 1.96. The second-order valence-electron chi connectivity index (χ2n) is 5.92. The number of hydrogen-bond acceptors (Lipinski definition) is 4. The summed E-state index contributed by atoms with van der Waals surface area (Å²) in [7, 11) is 0. The van der Waals surface area contributed by atoms with Gasteiger partial charge in [-0.05, 0) is 48.5 Å². The molecule has 4 nitrogen and oxygen atoms in total. The second-order valence-corrected chi connectivity index (χ2v) is 6.32. The molecule has 5 heteroatoms. The fourth-order valence-corrected chi connectivity index (χ4v) is 3.07. The van der Waals surface area contributed by atoms with Gasteiger partial charge in [0.05, 0.1) is 17.2 Å². The molecular formula is C22H16ClNO3. The Kier molecular flexibility index (Phi) is 4.92. The number of hydrogen-bond donors (Lipinski definition) is 1. The Morgan fingerprint density at radius 2 is 1.52 bits per heavy atom. The molecule has 0 unspecified atom stereocenters. The highest BCUT2D eigenvalue weighted by molar-refractivity contribution is 6.33. The molecule has 0 aliphatic carbocycles.